The zero-order valence-corrected chi connectivity index (χ0v) is 11.3. The molecule has 1 fully saturated rings. The third kappa shape index (κ3) is 2.81. The van der Waals surface area contributed by atoms with Gasteiger partial charge >= 0.3 is 5.97 Å². The average molecular weight is 264 g/mol. The lowest BCUT2D eigenvalue weighted by Crippen LogP contribution is -2.36. The molecule has 2 rings (SSSR count). The monoisotopic (exact) mass is 264 g/mol. The summed E-state index contributed by atoms with van der Waals surface area (Å²) in [5.41, 5.74) is 8.08. The molecule has 1 heterocycles. The Labute approximate surface area is 113 Å². The summed E-state index contributed by atoms with van der Waals surface area (Å²) in [4.78, 5) is 13.4. The third-order valence-corrected chi connectivity index (χ3v) is 3.74. The molecule has 19 heavy (non-hydrogen) atoms. The number of carboxylic acid groups (broad SMARTS) is 1. The van der Waals surface area contributed by atoms with E-state index in [1.54, 1.807) is 13.2 Å². The maximum atomic E-state index is 11.2. The summed E-state index contributed by atoms with van der Waals surface area (Å²) in [6.07, 6.45) is 2.23. The fourth-order valence-corrected chi connectivity index (χ4v) is 2.49. The molecule has 1 aromatic rings. The standard InChI is InChI=1S/C14H20N2O3/c1-9-7-10(8-12(13(9)15)14(17)18)16-5-3-11(19-2)4-6-16/h7-8,11H,3-6,15H2,1-2H3,(H,17,18). The van der Waals surface area contributed by atoms with E-state index in [0.29, 0.717) is 11.8 Å². The quantitative estimate of drug-likeness (QED) is 0.815. The number of carbonyl (C=O) groups is 1. The number of piperidine rings is 1. The predicted octanol–water partition coefficient (Wildman–Crippen LogP) is 1.89. The van der Waals surface area contributed by atoms with Gasteiger partial charge in [0.2, 0.25) is 0 Å². The zero-order valence-electron chi connectivity index (χ0n) is 11.3. The number of hydrogen-bond acceptors (Lipinski definition) is 4. The highest BCUT2D eigenvalue weighted by Crippen LogP contribution is 2.28. The maximum absolute atomic E-state index is 11.2. The number of rotatable bonds is 3. The third-order valence-electron chi connectivity index (χ3n) is 3.74. The van der Waals surface area contributed by atoms with Gasteiger partial charge in [0.15, 0.2) is 0 Å². The summed E-state index contributed by atoms with van der Waals surface area (Å²) in [5, 5.41) is 9.17. The van der Waals surface area contributed by atoms with Gasteiger partial charge in [0.1, 0.15) is 0 Å². The van der Waals surface area contributed by atoms with E-state index in [0.717, 1.165) is 37.2 Å². The minimum Gasteiger partial charge on any atom is -0.478 e. The molecule has 1 aliphatic heterocycles. The molecule has 0 spiro atoms. The van der Waals surface area contributed by atoms with Gasteiger partial charge in [-0.3, -0.25) is 0 Å². The highest BCUT2D eigenvalue weighted by Gasteiger charge is 2.21. The Hall–Kier alpha value is -1.75. The van der Waals surface area contributed by atoms with Crippen LogP contribution in [0.3, 0.4) is 0 Å². The molecular formula is C14H20N2O3. The number of hydrogen-bond donors (Lipinski definition) is 2. The van der Waals surface area contributed by atoms with Gasteiger partial charge in [0, 0.05) is 31.6 Å². The number of nitrogens with two attached hydrogens (primary N) is 1. The van der Waals surface area contributed by atoms with Crippen molar-refractivity contribution in [3.05, 3.63) is 23.3 Å². The topological polar surface area (TPSA) is 75.8 Å². The Morgan fingerprint density at radius 2 is 2.05 bits per heavy atom. The zero-order chi connectivity index (χ0) is 14.0. The first-order valence-corrected chi connectivity index (χ1v) is 6.44. The highest BCUT2D eigenvalue weighted by molar-refractivity contribution is 5.95. The molecule has 0 unspecified atom stereocenters. The van der Waals surface area contributed by atoms with Gasteiger partial charge in [-0.2, -0.15) is 0 Å². The van der Waals surface area contributed by atoms with Crippen LogP contribution < -0.4 is 10.6 Å². The molecule has 0 amide bonds. The molecule has 1 saturated heterocycles. The molecular weight excluding hydrogens is 244 g/mol. The van der Waals surface area contributed by atoms with Crippen LogP contribution in [0.25, 0.3) is 0 Å². The molecule has 0 bridgehead atoms. The smallest absolute Gasteiger partial charge is 0.337 e. The van der Waals surface area contributed by atoms with E-state index in [9.17, 15) is 9.90 Å². The number of anilines is 2. The summed E-state index contributed by atoms with van der Waals surface area (Å²) in [7, 11) is 1.73. The molecule has 0 atom stereocenters. The number of ether oxygens (including phenoxy) is 1. The Morgan fingerprint density at radius 3 is 2.58 bits per heavy atom. The van der Waals surface area contributed by atoms with Crippen molar-refractivity contribution in [1.29, 1.82) is 0 Å². The minimum absolute atomic E-state index is 0.184. The lowest BCUT2D eigenvalue weighted by atomic mass is 10.0. The number of carboxylic acids is 1. The van der Waals surface area contributed by atoms with Crippen LogP contribution in [0.5, 0.6) is 0 Å². The maximum Gasteiger partial charge on any atom is 0.337 e. The molecule has 5 nitrogen and oxygen atoms in total. The molecule has 0 saturated carbocycles. The van der Waals surface area contributed by atoms with Gasteiger partial charge in [-0.25, -0.2) is 4.79 Å². The summed E-state index contributed by atoms with van der Waals surface area (Å²) in [5.74, 6) is -0.978. The van der Waals surface area contributed by atoms with Gasteiger partial charge in [-0.1, -0.05) is 0 Å². The number of aromatic carboxylic acids is 1. The Balaban J connectivity index is 2.24. The second-order valence-electron chi connectivity index (χ2n) is 4.95. The first kappa shape index (κ1) is 13.7. The number of nitrogens with zero attached hydrogens (tertiary/aromatic N) is 1. The largest absolute Gasteiger partial charge is 0.478 e. The fourth-order valence-electron chi connectivity index (χ4n) is 2.49. The van der Waals surface area contributed by atoms with Crippen molar-refractivity contribution in [2.45, 2.75) is 25.9 Å². The lowest BCUT2D eigenvalue weighted by Gasteiger charge is -2.33. The fraction of sp³-hybridized carbons (Fsp3) is 0.500. The Morgan fingerprint density at radius 1 is 1.42 bits per heavy atom. The van der Waals surface area contributed by atoms with E-state index in [2.05, 4.69) is 4.90 Å². The molecule has 104 valence electrons. The van der Waals surface area contributed by atoms with Crippen molar-refractivity contribution < 1.29 is 14.6 Å². The Kier molecular flexibility index (Phi) is 3.95. The predicted molar refractivity (Wildman–Crippen MR) is 74.8 cm³/mol. The van der Waals surface area contributed by atoms with Crippen molar-refractivity contribution in [2.75, 3.05) is 30.8 Å². The molecule has 0 radical (unpaired) electrons. The van der Waals surface area contributed by atoms with Crippen LogP contribution in [0.2, 0.25) is 0 Å². The molecule has 1 aliphatic rings. The van der Waals surface area contributed by atoms with Gasteiger partial charge in [-0.05, 0) is 37.5 Å². The molecule has 5 heteroatoms. The second-order valence-corrected chi connectivity index (χ2v) is 4.95. The molecule has 1 aromatic carbocycles. The van der Waals surface area contributed by atoms with Crippen LogP contribution in [0, 0.1) is 6.92 Å². The van der Waals surface area contributed by atoms with E-state index >= 15 is 0 Å². The number of benzene rings is 1. The van der Waals surface area contributed by atoms with E-state index in [1.165, 1.54) is 0 Å². The molecule has 0 aliphatic carbocycles. The van der Waals surface area contributed by atoms with Crippen LogP contribution in [0.4, 0.5) is 11.4 Å². The lowest BCUT2D eigenvalue weighted by molar-refractivity contribution is 0.0697. The number of nitrogen functional groups attached to an aromatic ring is 1. The van der Waals surface area contributed by atoms with E-state index in [1.807, 2.05) is 13.0 Å². The average Bonchev–Trinajstić information content (AvgIpc) is 2.41. The SMILES string of the molecule is COC1CCN(c2cc(C)c(N)c(C(=O)O)c2)CC1. The first-order chi connectivity index (χ1) is 9.02. The second kappa shape index (κ2) is 5.48. The number of methoxy groups -OCH3 is 1. The van der Waals surface area contributed by atoms with Crippen molar-refractivity contribution in [1.82, 2.24) is 0 Å². The first-order valence-electron chi connectivity index (χ1n) is 6.44. The van der Waals surface area contributed by atoms with Crippen LogP contribution in [0.15, 0.2) is 12.1 Å². The van der Waals surface area contributed by atoms with Gasteiger partial charge in [0.05, 0.1) is 11.7 Å². The van der Waals surface area contributed by atoms with Gasteiger partial charge in [-0.15, -0.1) is 0 Å². The van der Waals surface area contributed by atoms with Crippen LogP contribution in [-0.4, -0.2) is 37.4 Å². The van der Waals surface area contributed by atoms with Crippen LogP contribution >= 0.6 is 0 Å². The summed E-state index contributed by atoms with van der Waals surface area (Å²) in [6.45, 7) is 3.59. The normalized spacial score (nSPS) is 16.6. The molecule has 3 N–H and O–H groups in total. The van der Waals surface area contributed by atoms with Gasteiger partial charge < -0.3 is 20.5 Å². The summed E-state index contributed by atoms with van der Waals surface area (Å²) in [6, 6.07) is 3.62. The van der Waals surface area contributed by atoms with Crippen LogP contribution in [0.1, 0.15) is 28.8 Å². The van der Waals surface area contributed by atoms with Crippen molar-refractivity contribution in [3.63, 3.8) is 0 Å². The summed E-state index contributed by atoms with van der Waals surface area (Å²) < 4.78 is 5.34. The molecule has 0 aromatic heterocycles. The summed E-state index contributed by atoms with van der Waals surface area (Å²) >= 11 is 0. The van der Waals surface area contributed by atoms with Crippen LogP contribution in [-0.2, 0) is 4.74 Å². The number of aryl methyl sites for hydroxylation is 1. The van der Waals surface area contributed by atoms with E-state index in [4.69, 9.17) is 10.5 Å². The van der Waals surface area contributed by atoms with Crippen molar-refractivity contribution >= 4 is 17.3 Å². The highest BCUT2D eigenvalue weighted by atomic mass is 16.5. The van der Waals surface area contributed by atoms with Crippen molar-refractivity contribution in [3.8, 4) is 0 Å². The van der Waals surface area contributed by atoms with E-state index in [-0.39, 0.29) is 5.56 Å². The minimum atomic E-state index is -0.978. The van der Waals surface area contributed by atoms with E-state index < -0.39 is 5.97 Å². The van der Waals surface area contributed by atoms with Gasteiger partial charge in [0.25, 0.3) is 0 Å². The van der Waals surface area contributed by atoms with Crippen molar-refractivity contribution in [2.24, 2.45) is 0 Å². The Bertz CT molecular complexity index is 480.